The van der Waals surface area contributed by atoms with E-state index in [0.29, 0.717) is 41.6 Å². The molecule has 0 spiro atoms. The summed E-state index contributed by atoms with van der Waals surface area (Å²) in [5.41, 5.74) is 1.16. The van der Waals surface area contributed by atoms with Crippen molar-refractivity contribution in [3.8, 4) is 17.2 Å². The van der Waals surface area contributed by atoms with Crippen molar-refractivity contribution >= 4 is 17.5 Å². The molecule has 7 heteroatoms. The van der Waals surface area contributed by atoms with Gasteiger partial charge in [0.2, 0.25) is 12.7 Å². The second kappa shape index (κ2) is 8.65. The maximum absolute atomic E-state index is 12.4. The summed E-state index contributed by atoms with van der Waals surface area (Å²) in [6, 6.07) is 12.4. The third kappa shape index (κ3) is 4.54. The molecule has 0 atom stereocenters. The lowest BCUT2D eigenvalue weighted by Gasteiger charge is -2.24. The Morgan fingerprint density at radius 2 is 1.89 bits per heavy atom. The molecule has 148 valence electrons. The molecular formula is C21H24N2O5. The first-order chi connectivity index (χ1) is 13.5. The Hall–Kier alpha value is -3.22. The van der Waals surface area contributed by atoms with E-state index in [0.717, 1.165) is 0 Å². The summed E-state index contributed by atoms with van der Waals surface area (Å²) in [5.74, 6) is 1.44. The van der Waals surface area contributed by atoms with Crippen molar-refractivity contribution in [2.24, 2.45) is 0 Å². The number of nitrogens with one attached hydrogen (secondary N) is 1. The van der Waals surface area contributed by atoms with Crippen molar-refractivity contribution in [2.75, 3.05) is 24.8 Å². The molecule has 2 amide bonds. The molecule has 0 bridgehead atoms. The summed E-state index contributed by atoms with van der Waals surface area (Å²) >= 11 is 0. The van der Waals surface area contributed by atoms with E-state index in [-0.39, 0.29) is 24.7 Å². The standard InChI is InChI=1S/C21H24N2O5/c1-14(2)28-18-7-5-4-6-17(18)23(15(3)24)11-10-22-21(25)16-8-9-19-20(12-16)27-13-26-19/h4-9,12,14H,10-11,13H2,1-3H3,(H,22,25). The molecular weight excluding hydrogens is 360 g/mol. The number of carbonyl (C=O) groups is 2. The predicted octanol–water partition coefficient (Wildman–Crippen LogP) is 2.99. The average Bonchev–Trinajstić information content (AvgIpc) is 3.13. The van der Waals surface area contributed by atoms with E-state index in [4.69, 9.17) is 14.2 Å². The summed E-state index contributed by atoms with van der Waals surface area (Å²) in [5, 5.41) is 2.84. The van der Waals surface area contributed by atoms with Crippen LogP contribution in [0.2, 0.25) is 0 Å². The van der Waals surface area contributed by atoms with Crippen LogP contribution >= 0.6 is 0 Å². The molecule has 2 aromatic carbocycles. The molecule has 0 fully saturated rings. The second-order valence-electron chi connectivity index (χ2n) is 6.63. The first kappa shape index (κ1) is 19.5. The summed E-state index contributed by atoms with van der Waals surface area (Å²) in [6.07, 6.45) is -0.0133. The molecule has 1 aliphatic rings. The highest BCUT2D eigenvalue weighted by atomic mass is 16.7. The van der Waals surface area contributed by atoms with Gasteiger partial charge < -0.3 is 24.4 Å². The van der Waals surface area contributed by atoms with Crippen LogP contribution in [0.25, 0.3) is 0 Å². The highest BCUT2D eigenvalue weighted by Crippen LogP contribution is 2.32. The highest BCUT2D eigenvalue weighted by molar-refractivity contribution is 5.95. The van der Waals surface area contributed by atoms with Gasteiger partial charge in [-0.1, -0.05) is 12.1 Å². The molecule has 0 aromatic heterocycles. The molecule has 2 aromatic rings. The Labute approximate surface area is 164 Å². The molecule has 0 saturated carbocycles. The summed E-state index contributed by atoms with van der Waals surface area (Å²) in [7, 11) is 0. The van der Waals surface area contributed by atoms with Crippen molar-refractivity contribution < 1.29 is 23.8 Å². The number of amides is 2. The van der Waals surface area contributed by atoms with Crippen molar-refractivity contribution in [1.29, 1.82) is 0 Å². The summed E-state index contributed by atoms with van der Waals surface area (Å²) in [4.78, 5) is 26.2. The van der Waals surface area contributed by atoms with Gasteiger partial charge >= 0.3 is 0 Å². The average molecular weight is 384 g/mol. The Morgan fingerprint density at radius 1 is 1.14 bits per heavy atom. The lowest BCUT2D eigenvalue weighted by molar-refractivity contribution is -0.116. The minimum absolute atomic E-state index is 0.0133. The molecule has 0 unspecified atom stereocenters. The minimum atomic E-state index is -0.242. The molecule has 0 aliphatic carbocycles. The normalized spacial score (nSPS) is 12.0. The van der Waals surface area contributed by atoms with Crippen LogP contribution in [-0.4, -0.2) is 37.8 Å². The van der Waals surface area contributed by atoms with Gasteiger partial charge in [0.25, 0.3) is 5.91 Å². The quantitative estimate of drug-likeness (QED) is 0.794. The number of anilines is 1. The number of hydrogen-bond acceptors (Lipinski definition) is 5. The van der Waals surface area contributed by atoms with Crippen molar-refractivity contribution in [1.82, 2.24) is 5.32 Å². The van der Waals surface area contributed by atoms with Gasteiger partial charge in [0.1, 0.15) is 5.75 Å². The number of para-hydroxylation sites is 2. The number of hydrogen-bond donors (Lipinski definition) is 1. The van der Waals surface area contributed by atoms with E-state index in [2.05, 4.69) is 5.32 Å². The Morgan fingerprint density at radius 3 is 2.64 bits per heavy atom. The van der Waals surface area contributed by atoms with E-state index in [1.165, 1.54) is 6.92 Å². The lowest BCUT2D eigenvalue weighted by Crippen LogP contribution is -2.37. The van der Waals surface area contributed by atoms with Gasteiger partial charge in [0.15, 0.2) is 11.5 Å². The Kier molecular flexibility index (Phi) is 6.03. The fourth-order valence-corrected chi connectivity index (χ4v) is 2.90. The number of ether oxygens (including phenoxy) is 3. The molecule has 1 heterocycles. The number of nitrogens with zero attached hydrogens (tertiary/aromatic N) is 1. The van der Waals surface area contributed by atoms with Gasteiger partial charge in [-0.15, -0.1) is 0 Å². The Bertz CT molecular complexity index is 866. The third-order valence-corrected chi connectivity index (χ3v) is 4.15. The fraction of sp³-hybridized carbons (Fsp3) is 0.333. The first-order valence-electron chi connectivity index (χ1n) is 9.17. The van der Waals surface area contributed by atoms with Crippen LogP contribution in [0.15, 0.2) is 42.5 Å². The van der Waals surface area contributed by atoms with E-state index in [1.807, 2.05) is 38.1 Å². The lowest BCUT2D eigenvalue weighted by atomic mass is 10.2. The fourth-order valence-electron chi connectivity index (χ4n) is 2.90. The Balaban J connectivity index is 1.65. The largest absolute Gasteiger partial charge is 0.489 e. The third-order valence-electron chi connectivity index (χ3n) is 4.15. The second-order valence-corrected chi connectivity index (χ2v) is 6.63. The van der Waals surface area contributed by atoms with Gasteiger partial charge in [-0.05, 0) is 44.2 Å². The van der Waals surface area contributed by atoms with Gasteiger partial charge in [-0.25, -0.2) is 0 Å². The number of carbonyl (C=O) groups excluding carboxylic acids is 2. The van der Waals surface area contributed by atoms with Crippen LogP contribution in [0.5, 0.6) is 17.2 Å². The molecule has 3 rings (SSSR count). The number of rotatable bonds is 7. The number of fused-ring (bicyclic) bond motifs is 1. The topological polar surface area (TPSA) is 77.1 Å². The van der Waals surface area contributed by atoms with Crippen LogP contribution in [0, 0.1) is 0 Å². The monoisotopic (exact) mass is 384 g/mol. The SMILES string of the molecule is CC(=O)N(CCNC(=O)c1ccc2c(c1)OCO2)c1ccccc1OC(C)C. The van der Waals surface area contributed by atoms with Crippen LogP contribution in [-0.2, 0) is 4.79 Å². The summed E-state index contributed by atoms with van der Waals surface area (Å²) in [6.45, 7) is 6.13. The van der Waals surface area contributed by atoms with Gasteiger partial charge in [-0.3, -0.25) is 9.59 Å². The molecule has 0 saturated heterocycles. The zero-order valence-electron chi connectivity index (χ0n) is 16.2. The highest BCUT2D eigenvalue weighted by Gasteiger charge is 2.18. The molecule has 7 nitrogen and oxygen atoms in total. The molecule has 0 radical (unpaired) electrons. The van der Waals surface area contributed by atoms with Gasteiger partial charge in [-0.2, -0.15) is 0 Å². The van der Waals surface area contributed by atoms with Crippen LogP contribution < -0.4 is 24.4 Å². The van der Waals surface area contributed by atoms with Crippen LogP contribution in [0.1, 0.15) is 31.1 Å². The maximum Gasteiger partial charge on any atom is 0.251 e. The molecule has 1 N–H and O–H groups in total. The summed E-state index contributed by atoms with van der Waals surface area (Å²) < 4.78 is 16.4. The maximum atomic E-state index is 12.4. The van der Waals surface area contributed by atoms with E-state index in [9.17, 15) is 9.59 Å². The van der Waals surface area contributed by atoms with E-state index < -0.39 is 0 Å². The van der Waals surface area contributed by atoms with Crippen LogP contribution in [0.4, 0.5) is 5.69 Å². The zero-order chi connectivity index (χ0) is 20.1. The minimum Gasteiger partial charge on any atom is -0.489 e. The van der Waals surface area contributed by atoms with E-state index >= 15 is 0 Å². The predicted molar refractivity (Wildman–Crippen MR) is 105 cm³/mol. The smallest absolute Gasteiger partial charge is 0.251 e. The van der Waals surface area contributed by atoms with Gasteiger partial charge in [0, 0.05) is 25.6 Å². The van der Waals surface area contributed by atoms with E-state index in [1.54, 1.807) is 23.1 Å². The first-order valence-corrected chi connectivity index (χ1v) is 9.17. The van der Waals surface area contributed by atoms with Crippen molar-refractivity contribution in [3.05, 3.63) is 48.0 Å². The molecule has 28 heavy (non-hydrogen) atoms. The zero-order valence-corrected chi connectivity index (χ0v) is 16.2. The van der Waals surface area contributed by atoms with Gasteiger partial charge in [0.05, 0.1) is 11.8 Å². The van der Waals surface area contributed by atoms with Crippen LogP contribution in [0.3, 0.4) is 0 Å². The van der Waals surface area contributed by atoms with Crippen molar-refractivity contribution in [2.45, 2.75) is 26.9 Å². The van der Waals surface area contributed by atoms with Crippen molar-refractivity contribution in [3.63, 3.8) is 0 Å². The molecule has 1 aliphatic heterocycles. The number of benzene rings is 2.